The van der Waals surface area contributed by atoms with Crippen molar-refractivity contribution >= 4 is 17.4 Å². The molecular formula is C16H22ClNO2. The first-order valence-electron chi connectivity index (χ1n) is 7.15. The van der Waals surface area contributed by atoms with Crippen molar-refractivity contribution in [1.82, 2.24) is 0 Å². The number of methoxy groups -OCH3 is 1. The first kappa shape index (κ1) is 15.3. The minimum absolute atomic E-state index is 0.162. The zero-order valence-corrected chi connectivity index (χ0v) is 12.7. The van der Waals surface area contributed by atoms with Crippen molar-refractivity contribution in [3.63, 3.8) is 0 Å². The maximum atomic E-state index is 12.3. The lowest BCUT2D eigenvalue weighted by Crippen LogP contribution is -2.43. The average molecular weight is 296 g/mol. The highest BCUT2D eigenvalue weighted by Gasteiger charge is 2.30. The summed E-state index contributed by atoms with van der Waals surface area (Å²) in [4.78, 5) is 12.3. The van der Waals surface area contributed by atoms with E-state index in [0.717, 1.165) is 31.2 Å². The van der Waals surface area contributed by atoms with E-state index in [9.17, 15) is 4.79 Å². The van der Waals surface area contributed by atoms with E-state index < -0.39 is 0 Å². The summed E-state index contributed by atoms with van der Waals surface area (Å²) in [6.07, 6.45) is 6.17. The number of hydrogen-bond acceptors (Lipinski definition) is 3. The number of Topliss-reactive ketones (excluding diaryl/α,β-unsaturated/α-hetero) is 1. The second kappa shape index (κ2) is 6.59. The summed E-state index contributed by atoms with van der Waals surface area (Å²) < 4.78 is 5.27. The molecule has 3 nitrogen and oxygen atoms in total. The zero-order chi connectivity index (χ0) is 14.6. The topological polar surface area (TPSA) is 52.3 Å². The van der Waals surface area contributed by atoms with Gasteiger partial charge in [0.15, 0.2) is 0 Å². The van der Waals surface area contributed by atoms with Crippen LogP contribution in [0.1, 0.15) is 44.1 Å². The van der Waals surface area contributed by atoms with Crippen LogP contribution in [0.5, 0.6) is 5.75 Å². The van der Waals surface area contributed by atoms with Crippen LogP contribution in [0.15, 0.2) is 18.2 Å². The molecule has 0 unspecified atom stereocenters. The van der Waals surface area contributed by atoms with Gasteiger partial charge in [0.2, 0.25) is 0 Å². The van der Waals surface area contributed by atoms with Gasteiger partial charge >= 0.3 is 0 Å². The smallest absolute Gasteiger partial charge is 0.139 e. The van der Waals surface area contributed by atoms with E-state index in [1.54, 1.807) is 25.3 Å². The van der Waals surface area contributed by atoms with Crippen LogP contribution in [0.3, 0.4) is 0 Å². The normalized spacial score (nSPS) is 17.8. The van der Waals surface area contributed by atoms with Gasteiger partial charge in [-0.15, -0.1) is 0 Å². The minimum atomic E-state index is -0.304. The summed E-state index contributed by atoms with van der Waals surface area (Å²) >= 11 is 5.98. The van der Waals surface area contributed by atoms with Crippen LogP contribution in [0.2, 0.25) is 5.02 Å². The van der Waals surface area contributed by atoms with Crippen molar-refractivity contribution < 1.29 is 9.53 Å². The first-order valence-corrected chi connectivity index (χ1v) is 7.53. The number of ether oxygens (including phenoxy) is 1. The quantitative estimate of drug-likeness (QED) is 0.904. The molecule has 0 aliphatic heterocycles. The van der Waals surface area contributed by atoms with Gasteiger partial charge in [-0.05, 0) is 31.0 Å². The van der Waals surface area contributed by atoms with Gasteiger partial charge in [-0.2, -0.15) is 0 Å². The van der Waals surface area contributed by atoms with E-state index >= 15 is 0 Å². The summed E-state index contributed by atoms with van der Waals surface area (Å²) in [7, 11) is 1.60. The highest BCUT2D eigenvalue weighted by Crippen LogP contribution is 2.30. The van der Waals surface area contributed by atoms with E-state index in [0.29, 0.717) is 23.6 Å². The molecule has 1 aliphatic carbocycles. The molecule has 0 spiro atoms. The van der Waals surface area contributed by atoms with E-state index in [4.69, 9.17) is 22.1 Å². The molecule has 20 heavy (non-hydrogen) atoms. The summed E-state index contributed by atoms with van der Waals surface area (Å²) in [5.74, 6) is 0.868. The van der Waals surface area contributed by atoms with E-state index in [1.165, 1.54) is 6.42 Å². The number of hydrogen-bond donors (Lipinski definition) is 1. The molecule has 110 valence electrons. The molecule has 0 amide bonds. The second-order valence-electron chi connectivity index (χ2n) is 5.77. The zero-order valence-electron chi connectivity index (χ0n) is 12.0. The summed E-state index contributed by atoms with van der Waals surface area (Å²) in [5.41, 5.74) is 6.87. The van der Waals surface area contributed by atoms with Crippen LogP contribution in [-0.4, -0.2) is 18.4 Å². The average Bonchev–Trinajstić information content (AvgIpc) is 2.39. The largest absolute Gasteiger partial charge is 0.496 e. The predicted molar refractivity (Wildman–Crippen MR) is 81.3 cm³/mol. The number of ketones is 1. The van der Waals surface area contributed by atoms with Crippen LogP contribution in [-0.2, 0) is 11.2 Å². The molecule has 1 saturated carbocycles. The number of nitrogens with two attached hydrogens (primary N) is 1. The number of carbonyl (C=O) groups is 1. The van der Waals surface area contributed by atoms with Crippen molar-refractivity contribution in [3.8, 4) is 5.75 Å². The van der Waals surface area contributed by atoms with Crippen LogP contribution in [0, 0.1) is 0 Å². The highest BCUT2D eigenvalue weighted by molar-refractivity contribution is 6.30. The van der Waals surface area contributed by atoms with Crippen molar-refractivity contribution in [2.24, 2.45) is 5.73 Å². The SMILES string of the molecule is COc1ccc(Cl)cc1CC(=O)CC1(N)CCCCC1. The van der Waals surface area contributed by atoms with Gasteiger partial charge in [0.25, 0.3) is 0 Å². The van der Waals surface area contributed by atoms with Crippen molar-refractivity contribution in [3.05, 3.63) is 28.8 Å². The molecule has 0 atom stereocenters. The lowest BCUT2D eigenvalue weighted by Gasteiger charge is -2.32. The van der Waals surface area contributed by atoms with Crippen molar-refractivity contribution in [2.75, 3.05) is 7.11 Å². The third kappa shape index (κ3) is 3.97. The molecule has 0 bridgehead atoms. The first-order chi connectivity index (χ1) is 9.52. The summed E-state index contributed by atoms with van der Waals surface area (Å²) in [6, 6.07) is 5.35. The number of halogens is 1. The van der Waals surface area contributed by atoms with Crippen molar-refractivity contribution in [1.29, 1.82) is 0 Å². The molecule has 1 aromatic carbocycles. The van der Waals surface area contributed by atoms with Gasteiger partial charge in [-0.25, -0.2) is 0 Å². The summed E-state index contributed by atoms with van der Waals surface area (Å²) in [6.45, 7) is 0. The number of benzene rings is 1. The van der Waals surface area contributed by atoms with E-state index in [-0.39, 0.29) is 11.3 Å². The molecule has 0 aromatic heterocycles. The van der Waals surface area contributed by atoms with Crippen LogP contribution < -0.4 is 10.5 Å². The number of carbonyl (C=O) groups excluding carboxylic acids is 1. The van der Waals surface area contributed by atoms with Gasteiger partial charge in [0, 0.05) is 29.0 Å². The third-order valence-corrected chi connectivity index (χ3v) is 4.26. The molecular weight excluding hydrogens is 274 g/mol. The Morgan fingerprint density at radius 1 is 1.35 bits per heavy atom. The predicted octanol–water partition coefficient (Wildman–Crippen LogP) is 3.51. The fraction of sp³-hybridized carbons (Fsp3) is 0.562. The van der Waals surface area contributed by atoms with Gasteiger partial charge in [0.1, 0.15) is 11.5 Å². The molecule has 1 aromatic rings. The van der Waals surface area contributed by atoms with Crippen LogP contribution in [0.25, 0.3) is 0 Å². The molecule has 2 N–H and O–H groups in total. The second-order valence-corrected chi connectivity index (χ2v) is 6.21. The highest BCUT2D eigenvalue weighted by atomic mass is 35.5. The Hall–Kier alpha value is -1.06. The molecule has 0 heterocycles. The van der Waals surface area contributed by atoms with Gasteiger partial charge in [-0.1, -0.05) is 30.9 Å². The monoisotopic (exact) mass is 295 g/mol. The number of rotatable bonds is 5. The summed E-state index contributed by atoms with van der Waals surface area (Å²) in [5, 5.41) is 0.619. The Balaban J connectivity index is 2.02. The van der Waals surface area contributed by atoms with Crippen molar-refractivity contribution in [2.45, 2.75) is 50.5 Å². The molecule has 0 radical (unpaired) electrons. The Morgan fingerprint density at radius 2 is 2.05 bits per heavy atom. The van der Waals surface area contributed by atoms with Crippen LogP contribution in [0.4, 0.5) is 0 Å². The maximum Gasteiger partial charge on any atom is 0.139 e. The standard InChI is InChI=1S/C16H22ClNO2/c1-20-15-6-5-13(17)9-12(15)10-14(19)11-16(18)7-3-2-4-8-16/h5-6,9H,2-4,7-8,10-11,18H2,1H3. The lowest BCUT2D eigenvalue weighted by atomic mass is 9.78. The maximum absolute atomic E-state index is 12.3. The Labute approximate surface area is 125 Å². The molecule has 1 aliphatic rings. The minimum Gasteiger partial charge on any atom is -0.496 e. The van der Waals surface area contributed by atoms with E-state index in [1.807, 2.05) is 0 Å². The fourth-order valence-corrected chi connectivity index (χ4v) is 3.18. The van der Waals surface area contributed by atoms with E-state index in [2.05, 4.69) is 0 Å². The Kier molecular flexibility index (Phi) is 5.06. The molecule has 1 fully saturated rings. The lowest BCUT2D eigenvalue weighted by molar-refractivity contribution is -0.119. The van der Waals surface area contributed by atoms with Gasteiger partial charge in [-0.3, -0.25) is 4.79 Å². The van der Waals surface area contributed by atoms with Gasteiger partial charge < -0.3 is 10.5 Å². The van der Waals surface area contributed by atoms with Gasteiger partial charge in [0.05, 0.1) is 7.11 Å². The fourth-order valence-electron chi connectivity index (χ4n) is 2.99. The van der Waals surface area contributed by atoms with Crippen LogP contribution >= 0.6 is 11.6 Å². The Bertz CT molecular complexity index is 481. The third-order valence-electron chi connectivity index (χ3n) is 4.03. The molecule has 2 rings (SSSR count). The molecule has 0 saturated heterocycles. The molecule has 4 heteroatoms. The Morgan fingerprint density at radius 3 is 2.70 bits per heavy atom.